The van der Waals surface area contributed by atoms with E-state index < -0.39 is 17.7 Å². The molecule has 2 aliphatic rings. The summed E-state index contributed by atoms with van der Waals surface area (Å²) in [6.45, 7) is 13.7. The monoisotopic (exact) mass is 530 g/mol. The minimum Gasteiger partial charge on any atom is -0.478 e. The Labute approximate surface area is 234 Å². The van der Waals surface area contributed by atoms with Gasteiger partial charge < -0.3 is 10.0 Å². The lowest BCUT2D eigenvalue weighted by Gasteiger charge is -2.49. The normalized spacial score (nSPS) is 25.0. The average molecular weight is 531 g/mol. The van der Waals surface area contributed by atoms with Crippen molar-refractivity contribution in [2.45, 2.75) is 97.8 Å². The molecule has 4 rings (SSSR count). The molecule has 1 saturated heterocycles. The molecule has 2 fully saturated rings. The van der Waals surface area contributed by atoms with E-state index in [2.05, 4.69) is 51.8 Å². The maximum atomic E-state index is 14.3. The first kappa shape index (κ1) is 29.1. The van der Waals surface area contributed by atoms with Crippen molar-refractivity contribution in [2.24, 2.45) is 16.7 Å². The SMILES string of the molecule is CC(C)(C)CC[C@H](c1ccc(C(=O)O)cc1)N1C(=O)C(/C=C/c2ccccc2)NC12CCC(C(C)(C)C)CC2. The van der Waals surface area contributed by atoms with Crippen LogP contribution >= 0.6 is 0 Å². The van der Waals surface area contributed by atoms with Crippen LogP contribution in [-0.4, -0.2) is 33.6 Å². The van der Waals surface area contributed by atoms with Gasteiger partial charge in [-0.05, 0) is 78.5 Å². The predicted octanol–water partition coefficient (Wildman–Crippen LogP) is 7.70. The van der Waals surface area contributed by atoms with Crippen molar-refractivity contribution < 1.29 is 14.7 Å². The molecule has 1 heterocycles. The Balaban J connectivity index is 1.73. The Hall–Kier alpha value is -2.92. The molecule has 1 spiro atoms. The van der Waals surface area contributed by atoms with Crippen LogP contribution in [0.4, 0.5) is 0 Å². The minimum absolute atomic E-state index is 0.109. The van der Waals surface area contributed by atoms with Gasteiger partial charge in [-0.15, -0.1) is 0 Å². The minimum atomic E-state index is -0.935. The second-order valence-electron chi connectivity index (χ2n) is 13.8. The summed E-state index contributed by atoms with van der Waals surface area (Å²) in [6.07, 6.45) is 9.79. The Morgan fingerprint density at radius 1 is 1.03 bits per heavy atom. The smallest absolute Gasteiger partial charge is 0.335 e. The van der Waals surface area contributed by atoms with Crippen LogP contribution in [0.3, 0.4) is 0 Å². The first-order valence-corrected chi connectivity index (χ1v) is 14.5. The second kappa shape index (κ2) is 11.3. The summed E-state index contributed by atoms with van der Waals surface area (Å²) in [5.74, 6) is -0.212. The maximum absolute atomic E-state index is 14.3. The molecule has 210 valence electrons. The molecule has 2 N–H and O–H groups in total. The summed E-state index contributed by atoms with van der Waals surface area (Å²) in [4.78, 5) is 28.0. The topological polar surface area (TPSA) is 69.6 Å². The van der Waals surface area contributed by atoms with Gasteiger partial charge in [-0.3, -0.25) is 10.1 Å². The van der Waals surface area contributed by atoms with Gasteiger partial charge in [-0.2, -0.15) is 0 Å². The number of rotatable bonds is 7. The van der Waals surface area contributed by atoms with Gasteiger partial charge in [0.25, 0.3) is 0 Å². The van der Waals surface area contributed by atoms with Gasteiger partial charge in [0.15, 0.2) is 0 Å². The van der Waals surface area contributed by atoms with E-state index in [1.807, 2.05) is 54.6 Å². The molecule has 1 unspecified atom stereocenters. The van der Waals surface area contributed by atoms with E-state index in [0.717, 1.165) is 49.7 Å². The second-order valence-corrected chi connectivity index (χ2v) is 13.8. The van der Waals surface area contributed by atoms with Crippen LogP contribution in [0, 0.1) is 16.7 Å². The summed E-state index contributed by atoms with van der Waals surface area (Å²) >= 11 is 0. The summed E-state index contributed by atoms with van der Waals surface area (Å²) < 4.78 is 0. The van der Waals surface area contributed by atoms with Crippen LogP contribution in [0.1, 0.15) is 108 Å². The van der Waals surface area contributed by atoms with E-state index in [-0.39, 0.29) is 28.3 Å². The lowest BCUT2D eigenvalue weighted by Crippen LogP contribution is -2.56. The number of nitrogens with one attached hydrogen (secondary N) is 1. The molecule has 2 aromatic carbocycles. The number of amides is 1. The number of benzene rings is 2. The van der Waals surface area contributed by atoms with E-state index in [1.54, 1.807) is 12.1 Å². The van der Waals surface area contributed by atoms with Crippen LogP contribution in [0.25, 0.3) is 6.08 Å². The summed E-state index contributed by atoms with van der Waals surface area (Å²) in [5.41, 5.74) is 2.27. The van der Waals surface area contributed by atoms with Crippen molar-refractivity contribution >= 4 is 18.0 Å². The van der Waals surface area contributed by atoms with Gasteiger partial charge in [0.1, 0.15) is 6.04 Å². The Kier molecular flexibility index (Phi) is 8.41. The van der Waals surface area contributed by atoms with Crippen LogP contribution in [0.5, 0.6) is 0 Å². The maximum Gasteiger partial charge on any atom is 0.335 e. The molecule has 1 aliphatic carbocycles. The van der Waals surface area contributed by atoms with Crippen molar-refractivity contribution in [3.8, 4) is 0 Å². The van der Waals surface area contributed by atoms with Gasteiger partial charge in [-0.1, -0.05) is 96.2 Å². The zero-order valence-corrected chi connectivity index (χ0v) is 24.5. The molecule has 0 radical (unpaired) electrons. The molecule has 0 aromatic heterocycles. The average Bonchev–Trinajstić information content (AvgIpc) is 3.13. The fourth-order valence-corrected chi connectivity index (χ4v) is 6.34. The molecule has 5 heteroatoms. The highest BCUT2D eigenvalue weighted by atomic mass is 16.4. The van der Waals surface area contributed by atoms with E-state index in [0.29, 0.717) is 5.92 Å². The van der Waals surface area contributed by atoms with Gasteiger partial charge in [-0.25, -0.2) is 4.79 Å². The fraction of sp³-hybridized carbons (Fsp3) is 0.529. The number of carbonyl (C=O) groups excluding carboxylic acids is 1. The van der Waals surface area contributed by atoms with Crippen molar-refractivity contribution in [3.05, 3.63) is 77.4 Å². The summed E-state index contributed by atoms with van der Waals surface area (Å²) in [7, 11) is 0. The number of carbonyl (C=O) groups is 2. The third-order valence-electron chi connectivity index (χ3n) is 8.73. The van der Waals surface area contributed by atoms with Crippen LogP contribution in [-0.2, 0) is 4.79 Å². The molecule has 0 bridgehead atoms. The standard InChI is InChI=1S/C34H46N2O3/c1-32(2,3)21-20-29(25-13-15-26(16-14-25)31(38)39)36-30(37)28(17-12-24-10-8-7-9-11-24)35-34(36)22-18-27(19-23-34)33(4,5)6/h7-17,27-29,35H,18-23H2,1-6H3,(H,38,39)/b17-12+/t27?,28?,29-,34?/m1/s1. The highest BCUT2D eigenvalue weighted by Gasteiger charge is 2.54. The number of hydrogen-bond donors (Lipinski definition) is 2. The van der Waals surface area contributed by atoms with Crippen LogP contribution in [0.2, 0.25) is 0 Å². The first-order valence-electron chi connectivity index (χ1n) is 14.5. The lowest BCUT2D eigenvalue weighted by atomic mass is 9.69. The van der Waals surface area contributed by atoms with Crippen molar-refractivity contribution in [3.63, 3.8) is 0 Å². The molecule has 2 atom stereocenters. The summed E-state index contributed by atoms with van der Waals surface area (Å²) in [5, 5.41) is 13.3. The molecule has 1 aliphatic heterocycles. The number of carboxylic acids is 1. The number of carboxylic acid groups (broad SMARTS) is 1. The zero-order valence-electron chi connectivity index (χ0n) is 24.5. The van der Waals surface area contributed by atoms with Crippen LogP contribution < -0.4 is 5.32 Å². The van der Waals surface area contributed by atoms with Crippen molar-refractivity contribution in [2.75, 3.05) is 0 Å². The molecule has 1 saturated carbocycles. The first-order chi connectivity index (χ1) is 18.3. The summed E-state index contributed by atoms with van der Waals surface area (Å²) in [6, 6.07) is 16.7. The highest BCUT2D eigenvalue weighted by molar-refractivity contribution is 5.89. The Bertz CT molecular complexity index is 1160. The number of aromatic carboxylic acids is 1. The van der Waals surface area contributed by atoms with Gasteiger partial charge >= 0.3 is 5.97 Å². The van der Waals surface area contributed by atoms with E-state index in [1.165, 1.54) is 0 Å². The molecule has 1 amide bonds. The molecular formula is C34H46N2O3. The van der Waals surface area contributed by atoms with E-state index in [9.17, 15) is 14.7 Å². The van der Waals surface area contributed by atoms with E-state index >= 15 is 0 Å². The van der Waals surface area contributed by atoms with E-state index in [4.69, 9.17) is 0 Å². The van der Waals surface area contributed by atoms with Gasteiger partial charge in [0, 0.05) is 0 Å². The third-order valence-corrected chi connectivity index (χ3v) is 8.73. The van der Waals surface area contributed by atoms with Crippen molar-refractivity contribution in [1.82, 2.24) is 10.2 Å². The van der Waals surface area contributed by atoms with Crippen LogP contribution in [0.15, 0.2) is 60.7 Å². The van der Waals surface area contributed by atoms with Gasteiger partial charge in [0.2, 0.25) is 5.91 Å². The van der Waals surface area contributed by atoms with Crippen molar-refractivity contribution in [1.29, 1.82) is 0 Å². The molecule has 39 heavy (non-hydrogen) atoms. The third kappa shape index (κ3) is 6.81. The largest absolute Gasteiger partial charge is 0.478 e. The molecular weight excluding hydrogens is 484 g/mol. The zero-order chi connectivity index (χ0) is 28.4. The quantitative estimate of drug-likeness (QED) is 0.385. The lowest BCUT2D eigenvalue weighted by molar-refractivity contribution is -0.137. The number of hydrogen-bond acceptors (Lipinski definition) is 3. The van der Waals surface area contributed by atoms with Gasteiger partial charge in [0.05, 0.1) is 17.3 Å². The Morgan fingerprint density at radius 3 is 2.18 bits per heavy atom. The predicted molar refractivity (Wildman–Crippen MR) is 158 cm³/mol. The fourth-order valence-electron chi connectivity index (χ4n) is 6.34. The number of nitrogens with zero attached hydrogens (tertiary/aromatic N) is 1. The molecule has 2 aromatic rings. The highest BCUT2D eigenvalue weighted by Crippen LogP contribution is 2.48. The molecule has 5 nitrogen and oxygen atoms in total. The Morgan fingerprint density at radius 2 is 1.64 bits per heavy atom.